The lowest BCUT2D eigenvalue weighted by molar-refractivity contribution is -0.137. The number of aromatic nitrogens is 1. The number of rotatable bonds is 3. The van der Waals surface area contributed by atoms with Crippen LogP contribution in [0.4, 0.5) is 13.2 Å². The lowest BCUT2D eigenvalue weighted by Crippen LogP contribution is -2.33. The van der Waals surface area contributed by atoms with Crippen LogP contribution < -0.4 is 10.9 Å². The fraction of sp³-hybridized carbons (Fsp3) is 0.176. The zero-order valence-corrected chi connectivity index (χ0v) is 12.6. The number of hydrogen-bond acceptors (Lipinski definition) is 2. The van der Waals surface area contributed by atoms with E-state index in [2.05, 4.69) is 11.2 Å². The summed E-state index contributed by atoms with van der Waals surface area (Å²) in [7, 11) is 0. The van der Waals surface area contributed by atoms with Gasteiger partial charge < -0.3 is 5.32 Å². The standard InChI is InChI=1S/C17H13F3N2O2/c1-3-9-21-15(23)14-8-7-11(2)22(16(14)24)13-6-4-5-12(10-13)17(18,19)20/h1,4-8,10H,9H2,2H3,(H,21,23). The maximum Gasteiger partial charge on any atom is 0.416 e. The number of benzene rings is 1. The minimum Gasteiger partial charge on any atom is -0.341 e. The largest absolute Gasteiger partial charge is 0.416 e. The summed E-state index contributed by atoms with van der Waals surface area (Å²) in [6.45, 7) is 1.50. The van der Waals surface area contributed by atoms with Crippen LogP contribution in [0.5, 0.6) is 0 Å². The van der Waals surface area contributed by atoms with Gasteiger partial charge in [0.25, 0.3) is 11.5 Å². The molecule has 1 aromatic carbocycles. The van der Waals surface area contributed by atoms with E-state index in [1.165, 1.54) is 24.3 Å². The van der Waals surface area contributed by atoms with Gasteiger partial charge in [0.15, 0.2) is 0 Å². The maximum absolute atomic E-state index is 12.9. The average Bonchev–Trinajstić information content (AvgIpc) is 2.52. The van der Waals surface area contributed by atoms with Crippen molar-refractivity contribution in [3.05, 3.63) is 63.6 Å². The third-order valence-corrected chi connectivity index (χ3v) is 3.30. The molecule has 2 rings (SSSR count). The molecule has 24 heavy (non-hydrogen) atoms. The summed E-state index contributed by atoms with van der Waals surface area (Å²) < 4.78 is 39.6. The number of pyridine rings is 1. The van der Waals surface area contributed by atoms with E-state index in [0.29, 0.717) is 5.69 Å². The van der Waals surface area contributed by atoms with E-state index in [4.69, 9.17) is 6.42 Å². The van der Waals surface area contributed by atoms with Crippen LogP contribution in [0, 0.1) is 19.3 Å². The van der Waals surface area contributed by atoms with Crippen LogP contribution in [-0.4, -0.2) is 17.0 Å². The van der Waals surface area contributed by atoms with Crippen LogP contribution in [0.1, 0.15) is 21.6 Å². The van der Waals surface area contributed by atoms with E-state index >= 15 is 0 Å². The second-order valence-electron chi connectivity index (χ2n) is 4.96. The number of nitrogens with zero attached hydrogens (tertiary/aromatic N) is 1. The van der Waals surface area contributed by atoms with Crippen molar-refractivity contribution in [1.29, 1.82) is 0 Å². The van der Waals surface area contributed by atoms with Crippen molar-refractivity contribution in [2.45, 2.75) is 13.1 Å². The normalized spacial score (nSPS) is 11.0. The second kappa shape index (κ2) is 6.62. The number of carbonyl (C=O) groups is 1. The van der Waals surface area contributed by atoms with Gasteiger partial charge in [0, 0.05) is 11.4 Å². The maximum atomic E-state index is 12.9. The van der Waals surface area contributed by atoms with Gasteiger partial charge in [0.2, 0.25) is 0 Å². The molecule has 1 N–H and O–H groups in total. The molecular formula is C17H13F3N2O2. The molecule has 1 amide bonds. The lowest BCUT2D eigenvalue weighted by atomic mass is 10.1. The Morgan fingerprint density at radius 3 is 2.62 bits per heavy atom. The molecule has 2 aromatic rings. The van der Waals surface area contributed by atoms with Crippen LogP contribution in [-0.2, 0) is 6.18 Å². The zero-order valence-electron chi connectivity index (χ0n) is 12.6. The molecule has 7 heteroatoms. The first kappa shape index (κ1) is 17.3. The van der Waals surface area contributed by atoms with Gasteiger partial charge in [0.05, 0.1) is 12.1 Å². The highest BCUT2D eigenvalue weighted by Gasteiger charge is 2.30. The van der Waals surface area contributed by atoms with Gasteiger partial charge in [0.1, 0.15) is 5.56 Å². The van der Waals surface area contributed by atoms with Crippen LogP contribution in [0.25, 0.3) is 5.69 Å². The van der Waals surface area contributed by atoms with E-state index in [1.54, 1.807) is 6.92 Å². The van der Waals surface area contributed by atoms with Crippen LogP contribution in [0.2, 0.25) is 0 Å². The molecule has 0 bridgehead atoms. The fourth-order valence-electron chi connectivity index (χ4n) is 2.17. The van der Waals surface area contributed by atoms with Gasteiger partial charge in [-0.1, -0.05) is 12.0 Å². The molecule has 124 valence electrons. The molecular weight excluding hydrogens is 321 g/mol. The highest BCUT2D eigenvalue weighted by Crippen LogP contribution is 2.30. The first-order valence-corrected chi connectivity index (χ1v) is 6.87. The van der Waals surface area contributed by atoms with Crippen molar-refractivity contribution >= 4 is 5.91 Å². The molecule has 0 aliphatic carbocycles. The third-order valence-electron chi connectivity index (χ3n) is 3.30. The summed E-state index contributed by atoms with van der Waals surface area (Å²) in [6, 6.07) is 7.13. The summed E-state index contributed by atoms with van der Waals surface area (Å²) >= 11 is 0. The van der Waals surface area contributed by atoms with Gasteiger partial charge in [-0.2, -0.15) is 13.2 Å². The topological polar surface area (TPSA) is 51.1 Å². The molecule has 0 spiro atoms. The van der Waals surface area contributed by atoms with E-state index in [0.717, 1.165) is 16.7 Å². The Morgan fingerprint density at radius 1 is 1.29 bits per heavy atom. The molecule has 0 saturated heterocycles. The van der Waals surface area contributed by atoms with Crippen molar-refractivity contribution < 1.29 is 18.0 Å². The van der Waals surface area contributed by atoms with Crippen molar-refractivity contribution in [3.63, 3.8) is 0 Å². The Kier molecular flexibility index (Phi) is 4.79. The average molecular weight is 334 g/mol. The number of terminal acetylenes is 1. The summed E-state index contributed by atoms with van der Waals surface area (Å²) in [5.74, 6) is 1.52. The fourth-order valence-corrected chi connectivity index (χ4v) is 2.17. The van der Waals surface area contributed by atoms with Crippen LogP contribution in [0.3, 0.4) is 0 Å². The Labute approximate surface area is 135 Å². The Bertz CT molecular complexity index is 877. The second-order valence-corrected chi connectivity index (χ2v) is 4.96. The SMILES string of the molecule is C#CCNC(=O)c1ccc(C)n(-c2cccc(C(F)(F)F)c2)c1=O. The van der Waals surface area contributed by atoms with Gasteiger partial charge in [-0.25, -0.2) is 0 Å². The monoisotopic (exact) mass is 334 g/mol. The zero-order chi connectivity index (χ0) is 17.9. The molecule has 0 unspecified atom stereocenters. The summed E-state index contributed by atoms with van der Waals surface area (Å²) in [6.07, 6.45) is 0.508. The molecule has 0 aliphatic heterocycles. The van der Waals surface area contributed by atoms with Crippen molar-refractivity contribution in [3.8, 4) is 18.0 Å². The quantitative estimate of drug-likeness (QED) is 0.877. The van der Waals surface area contributed by atoms with Gasteiger partial charge in [-0.15, -0.1) is 6.42 Å². The summed E-state index contributed by atoms with van der Waals surface area (Å²) in [5.41, 5.74) is -1.38. The van der Waals surface area contributed by atoms with Gasteiger partial charge >= 0.3 is 6.18 Å². The molecule has 1 heterocycles. The smallest absolute Gasteiger partial charge is 0.341 e. The number of halogens is 3. The minimum absolute atomic E-state index is 0.0268. The predicted octanol–water partition coefficient (Wildman–Crippen LogP) is 2.53. The van der Waals surface area contributed by atoms with E-state index in [9.17, 15) is 22.8 Å². The number of alkyl halides is 3. The number of aryl methyl sites for hydroxylation is 1. The van der Waals surface area contributed by atoms with Crippen molar-refractivity contribution in [2.24, 2.45) is 0 Å². The Balaban J connectivity index is 2.58. The van der Waals surface area contributed by atoms with Gasteiger partial charge in [-0.05, 0) is 37.3 Å². The summed E-state index contributed by atoms with van der Waals surface area (Å²) in [4.78, 5) is 24.5. The molecule has 0 atom stereocenters. The van der Waals surface area contributed by atoms with Crippen LogP contribution in [0.15, 0.2) is 41.2 Å². The van der Waals surface area contributed by atoms with E-state index in [-0.39, 0.29) is 17.8 Å². The third kappa shape index (κ3) is 3.49. The van der Waals surface area contributed by atoms with Gasteiger partial charge in [-0.3, -0.25) is 14.2 Å². The first-order valence-electron chi connectivity index (χ1n) is 6.87. The van der Waals surface area contributed by atoms with Crippen molar-refractivity contribution in [2.75, 3.05) is 6.54 Å². The number of hydrogen-bond donors (Lipinski definition) is 1. The van der Waals surface area contributed by atoms with E-state index in [1.807, 2.05) is 0 Å². The Morgan fingerprint density at radius 2 is 2.00 bits per heavy atom. The molecule has 0 saturated carbocycles. The highest BCUT2D eigenvalue weighted by atomic mass is 19.4. The van der Waals surface area contributed by atoms with E-state index < -0.39 is 23.2 Å². The molecule has 0 radical (unpaired) electrons. The van der Waals surface area contributed by atoms with Crippen LogP contribution >= 0.6 is 0 Å². The molecule has 0 fully saturated rings. The lowest BCUT2D eigenvalue weighted by Gasteiger charge is -2.14. The number of nitrogens with one attached hydrogen (secondary N) is 1. The molecule has 1 aromatic heterocycles. The van der Waals surface area contributed by atoms with Crippen molar-refractivity contribution in [1.82, 2.24) is 9.88 Å². The predicted molar refractivity (Wildman–Crippen MR) is 82.9 cm³/mol. The first-order chi connectivity index (χ1) is 11.3. The molecule has 0 aliphatic rings. The number of carbonyl (C=O) groups excluding carboxylic acids is 1. The number of amides is 1. The summed E-state index contributed by atoms with van der Waals surface area (Å²) in [5, 5.41) is 2.35. The Hall–Kier alpha value is -3.01. The molecule has 4 nitrogen and oxygen atoms in total. The highest BCUT2D eigenvalue weighted by molar-refractivity contribution is 5.94. The minimum atomic E-state index is -4.53.